The van der Waals surface area contributed by atoms with Gasteiger partial charge >= 0.3 is 11.7 Å². The van der Waals surface area contributed by atoms with Crippen molar-refractivity contribution in [1.29, 1.82) is 0 Å². The monoisotopic (exact) mass is 359 g/mol. The van der Waals surface area contributed by atoms with Crippen molar-refractivity contribution in [2.75, 3.05) is 0 Å². The van der Waals surface area contributed by atoms with E-state index in [1.807, 2.05) is 0 Å². The van der Waals surface area contributed by atoms with Gasteiger partial charge in [-0.1, -0.05) is 0 Å². The summed E-state index contributed by atoms with van der Waals surface area (Å²) in [6.45, 7) is 0.227. The second kappa shape index (κ2) is 8.41. The molecule has 1 fully saturated rings. The lowest BCUT2D eigenvalue weighted by atomic mass is 9.93. The Hall–Kier alpha value is -2.97. The average molecular weight is 359 g/mol. The maximum absolute atomic E-state index is 12.1. The van der Waals surface area contributed by atoms with Crippen LogP contribution in [0.3, 0.4) is 0 Å². The highest BCUT2D eigenvalue weighted by molar-refractivity contribution is 5.76. The second-order valence-electron chi connectivity index (χ2n) is 6.24. The van der Waals surface area contributed by atoms with Gasteiger partial charge in [0, 0.05) is 43.7 Å². The zero-order valence-corrected chi connectivity index (χ0v) is 14.3. The highest BCUT2D eigenvalue weighted by Gasteiger charge is 2.24. The van der Waals surface area contributed by atoms with E-state index < -0.39 is 11.2 Å². The zero-order valence-electron chi connectivity index (χ0n) is 14.3. The number of nitrogens with zero attached hydrogens (tertiary/aromatic N) is 3. The van der Waals surface area contributed by atoms with Crippen molar-refractivity contribution >= 4 is 5.91 Å². The van der Waals surface area contributed by atoms with Gasteiger partial charge in [-0.05, 0) is 31.7 Å². The number of hydrogen-bond donors (Lipinski definition) is 2. The van der Waals surface area contributed by atoms with Crippen LogP contribution in [0.15, 0.2) is 40.3 Å². The SMILES string of the molecule is O=C(CCn1ccc(=O)[nH]c1=O)NC1CCC(Oc2ncccn2)CC1. The van der Waals surface area contributed by atoms with E-state index in [0.717, 1.165) is 25.7 Å². The lowest BCUT2D eigenvalue weighted by Gasteiger charge is -2.28. The molecule has 0 bridgehead atoms. The smallest absolute Gasteiger partial charge is 0.328 e. The minimum atomic E-state index is -0.508. The summed E-state index contributed by atoms with van der Waals surface area (Å²) in [4.78, 5) is 45.0. The Morgan fingerprint density at radius 3 is 2.65 bits per heavy atom. The van der Waals surface area contributed by atoms with E-state index in [0.29, 0.717) is 6.01 Å². The summed E-state index contributed by atoms with van der Waals surface area (Å²) < 4.78 is 7.05. The molecule has 2 heterocycles. The Morgan fingerprint density at radius 1 is 1.23 bits per heavy atom. The van der Waals surface area contributed by atoms with Crippen LogP contribution in [0, 0.1) is 0 Å². The first kappa shape index (κ1) is 17.8. The minimum absolute atomic E-state index is 0.0604. The van der Waals surface area contributed by atoms with E-state index in [1.165, 1.54) is 16.8 Å². The van der Waals surface area contributed by atoms with Gasteiger partial charge in [0.1, 0.15) is 6.10 Å². The number of ether oxygens (including phenoxy) is 1. The Balaban J connectivity index is 1.40. The lowest BCUT2D eigenvalue weighted by molar-refractivity contribution is -0.122. The number of carbonyl (C=O) groups is 1. The van der Waals surface area contributed by atoms with Crippen LogP contribution in [0.25, 0.3) is 0 Å². The molecule has 138 valence electrons. The largest absolute Gasteiger partial charge is 0.460 e. The van der Waals surface area contributed by atoms with E-state index in [9.17, 15) is 14.4 Å². The fourth-order valence-electron chi connectivity index (χ4n) is 2.96. The molecule has 0 radical (unpaired) electrons. The molecule has 2 aromatic rings. The van der Waals surface area contributed by atoms with Crippen molar-refractivity contribution in [2.45, 2.75) is 50.8 Å². The third-order valence-electron chi connectivity index (χ3n) is 4.33. The molecule has 2 aromatic heterocycles. The van der Waals surface area contributed by atoms with Gasteiger partial charge < -0.3 is 14.6 Å². The molecule has 1 aliphatic carbocycles. The number of nitrogens with one attached hydrogen (secondary N) is 2. The number of amides is 1. The molecular formula is C17H21N5O4. The van der Waals surface area contributed by atoms with Crippen molar-refractivity contribution < 1.29 is 9.53 Å². The molecule has 26 heavy (non-hydrogen) atoms. The first-order valence-electron chi connectivity index (χ1n) is 8.63. The Morgan fingerprint density at radius 2 is 1.96 bits per heavy atom. The van der Waals surface area contributed by atoms with Crippen molar-refractivity contribution in [3.8, 4) is 6.01 Å². The third-order valence-corrected chi connectivity index (χ3v) is 4.33. The number of aryl methyl sites for hydroxylation is 1. The Kier molecular flexibility index (Phi) is 5.77. The highest BCUT2D eigenvalue weighted by atomic mass is 16.5. The first-order valence-corrected chi connectivity index (χ1v) is 8.63. The molecule has 9 heteroatoms. The number of aromatic nitrogens is 4. The number of rotatable bonds is 6. The summed E-state index contributed by atoms with van der Waals surface area (Å²) in [5.74, 6) is -0.112. The summed E-state index contributed by atoms with van der Waals surface area (Å²) in [6.07, 6.45) is 8.20. The van der Waals surface area contributed by atoms with Crippen LogP contribution in [0.5, 0.6) is 6.01 Å². The molecule has 0 unspecified atom stereocenters. The topological polar surface area (TPSA) is 119 Å². The summed E-state index contributed by atoms with van der Waals surface area (Å²) in [6, 6.07) is 3.48. The van der Waals surface area contributed by atoms with Crippen molar-refractivity contribution in [3.63, 3.8) is 0 Å². The molecule has 0 aromatic carbocycles. The molecule has 0 spiro atoms. The van der Waals surface area contributed by atoms with Crippen molar-refractivity contribution in [2.24, 2.45) is 0 Å². The molecule has 9 nitrogen and oxygen atoms in total. The summed E-state index contributed by atoms with van der Waals surface area (Å²) in [5, 5.41) is 2.99. The minimum Gasteiger partial charge on any atom is -0.460 e. The quantitative estimate of drug-likeness (QED) is 0.762. The first-order chi connectivity index (χ1) is 12.6. The van der Waals surface area contributed by atoms with Crippen molar-refractivity contribution in [3.05, 3.63) is 51.6 Å². The number of H-pyrrole nitrogens is 1. The summed E-state index contributed by atoms with van der Waals surface area (Å²) in [7, 11) is 0. The third kappa shape index (κ3) is 5.01. The average Bonchev–Trinajstić information content (AvgIpc) is 2.63. The maximum atomic E-state index is 12.1. The van der Waals surface area contributed by atoms with Crippen LogP contribution >= 0.6 is 0 Å². The maximum Gasteiger partial charge on any atom is 0.328 e. The van der Waals surface area contributed by atoms with Crippen molar-refractivity contribution in [1.82, 2.24) is 24.8 Å². The standard InChI is InChI=1S/C17H21N5O4/c23-14(6-10-22-11-7-15(24)21-17(22)25)20-12-2-4-13(5-3-12)26-16-18-8-1-9-19-16/h1,7-9,11-13H,2-6,10H2,(H,20,23)(H,21,24,25). The van der Waals surface area contributed by atoms with E-state index in [1.54, 1.807) is 18.5 Å². The van der Waals surface area contributed by atoms with Crippen LogP contribution in [0.1, 0.15) is 32.1 Å². The second-order valence-corrected chi connectivity index (χ2v) is 6.24. The Labute approximate surface area is 149 Å². The van der Waals surface area contributed by atoms with Crippen LogP contribution in [0.4, 0.5) is 0 Å². The molecule has 1 saturated carbocycles. The van der Waals surface area contributed by atoms with Gasteiger partial charge in [-0.2, -0.15) is 0 Å². The zero-order chi connectivity index (χ0) is 18.4. The molecule has 2 N–H and O–H groups in total. The van der Waals surface area contributed by atoms with Gasteiger partial charge in [0.05, 0.1) is 0 Å². The van der Waals surface area contributed by atoms with Gasteiger partial charge in [-0.15, -0.1) is 0 Å². The number of hydrogen-bond acceptors (Lipinski definition) is 6. The Bertz CT molecular complexity index is 840. The predicted molar refractivity (Wildman–Crippen MR) is 92.8 cm³/mol. The molecule has 3 rings (SSSR count). The highest BCUT2D eigenvalue weighted by Crippen LogP contribution is 2.22. The van der Waals surface area contributed by atoms with E-state index in [4.69, 9.17) is 4.74 Å². The molecular weight excluding hydrogens is 338 g/mol. The van der Waals surface area contributed by atoms with Gasteiger partial charge in [0.2, 0.25) is 5.91 Å². The molecule has 1 aliphatic rings. The van der Waals surface area contributed by atoms with Gasteiger partial charge in [-0.3, -0.25) is 14.6 Å². The predicted octanol–water partition coefficient (Wildman–Crippen LogP) is 0.223. The van der Waals surface area contributed by atoms with Crippen LogP contribution in [-0.2, 0) is 11.3 Å². The van der Waals surface area contributed by atoms with Crippen LogP contribution in [0.2, 0.25) is 0 Å². The van der Waals surface area contributed by atoms with Crippen LogP contribution < -0.4 is 21.3 Å². The molecule has 1 amide bonds. The fraction of sp³-hybridized carbons (Fsp3) is 0.471. The van der Waals surface area contributed by atoms with Gasteiger partial charge in [-0.25, -0.2) is 14.8 Å². The van der Waals surface area contributed by atoms with E-state index in [-0.39, 0.29) is 31.0 Å². The summed E-state index contributed by atoms with van der Waals surface area (Å²) in [5.41, 5.74) is -0.957. The van der Waals surface area contributed by atoms with Gasteiger partial charge in [0.15, 0.2) is 0 Å². The number of aromatic amines is 1. The normalized spacial score (nSPS) is 19.7. The molecule has 0 atom stereocenters. The molecule has 0 saturated heterocycles. The van der Waals surface area contributed by atoms with Gasteiger partial charge in [0.25, 0.3) is 5.56 Å². The fourth-order valence-corrected chi connectivity index (χ4v) is 2.96. The summed E-state index contributed by atoms with van der Waals surface area (Å²) >= 11 is 0. The number of carbonyl (C=O) groups excluding carboxylic acids is 1. The van der Waals surface area contributed by atoms with E-state index in [2.05, 4.69) is 20.3 Å². The lowest BCUT2D eigenvalue weighted by Crippen LogP contribution is -2.40. The van der Waals surface area contributed by atoms with E-state index >= 15 is 0 Å². The molecule has 0 aliphatic heterocycles. The van der Waals surface area contributed by atoms with Crippen LogP contribution in [-0.4, -0.2) is 37.6 Å².